The third kappa shape index (κ3) is 2.93. The molecule has 3 aromatic rings. The SMILES string of the molecule is N#CC(Cc1ccccc1)(c1ccccc1)c1cc[n+]([O-])cc1. The summed E-state index contributed by atoms with van der Waals surface area (Å²) in [5.74, 6) is 0. The molecule has 0 N–H and O–H groups in total. The van der Waals surface area contributed by atoms with Crippen LogP contribution in [0.3, 0.4) is 0 Å². The molecule has 2 aromatic carbocycles. The summed E-state index contributed by atoms with van der Waals surface area (Å²) >= 11 is 0. The van der Waals surface area contributed by atoms with Crippen molar-refractivity contribution in [1.29, 1.82) is 5.26 Å². The Labute approximate surface area is 135 Å². The van der Waals surface area contributed by atoms with Crippen molar-refractivity contribution in [2.75, 3.05) is 0 Å². The van der Waals surface area contributed by atoms with Crippen LogP contribution in [0, 0.1) is 16.5 Å². The van der Waals surface area contributed by atoms with Gasteiger partial charge in [-0.1, -0.05) is 60.7 Å². The molecule has 0 aliphatic rings. The summed E-state index contributed by atoms with van der Waals surface area (Å²) in [6.07, 6.45) is 3.43. The lowest BCUT2D eigenvalue weighted by Crippen LogP contribution is -2.31. The van der Waals surface area contributed by atoms with Gasteiger partial charge in [-0.3, -0.25) is 0 Å². The maximum Gasteiger partial charge on any atom is 0.180 e. The van der Waals surface area contributed by atoms with Gasteiger partial charge < -0.3 is 5.21 Å². The molecule has 0 saturated carbocycles. The molecule has 0 saturated heterocycles. The normalized spacial score (nSPS) is 13.0. The third-order valence-corrected chi connectivity index (χ3v) is 4.06. The van der Waals surface area contributed by atoms with Crippen molar-refractivity contribution in [3.63, 3.8) is 0 Å². The molecule has 0 bridgehead atoms. The fourth-order valence-corrected chi connectivity index (χ4v) is 2.86. The predicted octanol–water partition coefficient (Wildman–Crippen LogP) is 3.37. The Balaban J connectivity index is 2.16. The van der Waals surface area contributed by atoms with Crippen molar-refractivity contribution in [1.82, 2.24) is 0 Å². The molecule has 112 valence electrons. The second-order valence-electron chi connectivity index (χ2n) is 5.49. The van der Waals surface area contributed by atoms with E-state index in [1.807, 2.05) is 60.7 Å². The van der Waals surface area contributed by atoms with E-state index in [1.54, 1.807) is 12.1 Å². The minimum absolute atomic E-state index is 0.553. The lowest BCUT2D eigenvalue weighted by atomic mass is 9.72. The molecule has 3 heteroatoms. The first-order chi connectivity index (χ1) is 11.2. The summed E-state index contributed by atoms with van der Waals surface area (Å²) in [6.45, 7) is 0. The van der Waals surface area contributed by atoms with Gasteiger partial charge in [0.05, 0.1) is 6.07 Å². The van der Waals surface area contributed by atoms with Gasteiger partial charge in [-0.15, -0.1) is 0 Å². The molecule has 0 aliphatic heterocycles. The molecular formula is C20H16N2O. The number of rotatable bonds is 4. The van der Waals surface area contributed by atoms with Crippen LogP contribution in [0.1, 0.15) is 16.7 Å². The van der Waals surface area contributed by atoms with Crippen LogP contribution in [0.25, 0.3) is 0 Å². The minimum Gasteiger partial charge on any atom is -0.619 e. The number of pyridine rings is 1. The fraction of sp³-hybridized carbons (Fsp3) is 0.100. The van der Waals surface area contributed by atoms with Gasteiger partial charge in [0.15, 0.2) is 12.4 Å². The fourth-order valence-electron chi connectivity index (χ4n) is 2.86. The van der Waals surface area contributed by atoms with Gasteiger partial charge in [-0.2, -0.15) is 9.99 Å². The average Bonchev–Trinajstić information content (AvgIpc) is 2.62. The van der Waals surface area contributed by atoms with Crippen molar-refractivity contribution < 1.29 is 4.73 Å². The highest BCUT2D eigenvalue weighted by atomic mass is 16.5. The van der Waals surface area contributed by atoms with Crippen LogP contribution in [0.2, 0.25) is 0 Å². The van der Waals surface area contributed by atoms with E-state index in [1.165, 1.54) is 12.4 Å². The molecule has 0 amide bonds. The van der Waals surface area contributed by atoms with Crippen molar-refractivity contribution >= 4 is 0 Å². The Morgan fingerprint density at radius 2 is 1.35 bits per heavy atom. The summed E-state index contributed by atoms with van der Waals surface area (Å²) in [7, 11) is 0. The van der Waals surface area contributed by atoms with Crippen LogP contribution >= 0.6 is 0 Å². The van der Waals surface area contributed by atoms with E-state index in [0.717, 1.165) is 21.4 Å². The van der Waals surface area contributed by atoms with E-state index in [4.69, 9.17) is 0 Å². The van der Waals surface area contributed by atoms with E-state index in [2.05, 4.69) is 6.07 Å². The van der Waals surface area contributed by atoms with Gasteiger partial charge in [0.2, 0.25) is 0 Å². The lowest BCUT2D eigenvalue weighted by Gasteiger charge is -2.27. The topological polar surface area (TPSA) is 50.7 Å². The molecule has 0 fully saturated rings. The van der Waals surface area contributed by atoms with Crippen molar-refractivity contribution in [2.24, 2.45) is 0 Å². The molecule has 3 rings (SSSR count). The van der Waals surface area contributed by atoms with E-state index < -0.39 is 5.41 Å². The first kappa shape index (κ1) is 14.8. The van der Waals surface area contributed by atoms with Gasteiger partial charge in [0, 0.05) is 12.1 Å². The van der Waals surface area contributed by atoms with E-state index in [9.17, 15) is 10.5 Å². The molecule has 1 atom stereocenters. The van der Waals surface area contributed by atoms with Gasteiger partial charge >= 0.3 is 0 Å². The highest BCUT2D eigenvalue weighted by molar-refractivity contribution is 5.47. The number of hydrogen-bond donors (Lipinski definition) is 0. The Bertz CT molecular complexity index is 808. The van der Waals surface area contributed by atoms with Gasteiger partial charge in [-0.25, -0.2) is 0 Å². The second-order valence-corrected chi connectivity index (χ2v) is 5.49. The zero-order chi connectivity index (χ0) is 16.1. The smallest absolute Gasteiger partial charge is 0.180 e. The van der Waals surface area contributed by atoms with Gasteiger partial charge in [0.25, 0.3) is 0 Å². The van der Waals surface area contributed by atoms with Crippen LogP contribution < -0.4 is 4.73 Å². The summed E-state index contributed by atoms with van der Waals surface area (Å²) in [5.41, 5.74) is 2.01. The van der Waals surface area contributed by atoms with Crippen LogP contribution in [0.4, 0.5) is 0 Å². The van der Waals surface area contributed by atoms with Crippen LogP contribution in [0.15, 0.2) is 85.2 Å². The first-order valence-corrected chi connectivity index (χ1v) is 7.45. The number of hydrogen-bond acceptors (Lipinski definition) is 2. The van der Waals surface area contributed by atoms with Gasteiger partial charge in [-0.05, 0) is 23.1 Å². The lowest BCUT2D eigenvalue weighted by molar-refractivity contribution is -0.605. The summed E-state index contributed by atoms with van der Waals surface area (Å²) in [4.78, 5) is 0. The van der Waals surface area contributed by atoms with E-state index in [0.29, 0.717) is 6.42 Å². The number of benzene rings is 2. The Kier molecular flexibility index (Phi) is 4.07. The van der Waals surface area contributed by atoms with Crippen LogP contribution in [0.5, 0.6) is 0 Å². The number of nitrogens with zero attached hydrogens (tertiary/aromatic N) is 2. The van der Waals surface area contributed by atoms with E-state index >= 15 is 0 Å². The second kappa shape index (κ2) is 6.33. The monoisotopic (exact) mass is 300 g/mol. The molecule has 1 aromatic heterocycles. The average molecular weight is 300 g/mol. The summed E-state index contributed by atoms with van der Waals surface area (Å²) in [5, 5.41) is 21.4. The maximum absolute atomic E-state index is 11.4. The molecule has 0 spiro atoms. The zero-order valence-electron chi connectivity index (χ0n) is 12.6. The van der Waals surface area contributed by atoms with Crippen LogP contribution in [-0.4, -0.2) is 0 Å². The van der Waals surface area contributed by atoms with Crippen molar-refractivity contribution in [3.05, 3.63) is 107 Å². The molecule has 1 heterocycles. The summed E-state index contributed by atoms with van der Waals surface area (Å²) in [6, 6.07) is 25.6. The third-order valence-electron chi connectivity index (χ3n) is 4.06. The largest absolute Gasteiger partial charge is 0.619 e. The van der Waals surface area contributed by atoms with Crippen molar-refractivity contribution in [3.8, 4) is 6.07 Å². The van der Waals surface area contributed by atoms with Crippen molar-refractivity contribution in [2.45, 2.75) is 11.8 Å². The zero-order valence-corrected chi connectivity index (χ0v) is 12.6. The quantitative estimate of drug-likeness (QED) is 0.548. The molecule has 0 aliphatic carbocycles. The Morgan fingerprint density at radius 3 is 1.91 bits per heavy atom. The number of nitriles is 1. The minimum atomic E-state index is -0.823. The predicted molar refractivity (Wildman–Crippen MR) is 88.4 cm³/mol. The number of aromatic nitrogens is 1. The maximum atomic E-state index is 11.4. The first-order valence-electron chi connectivity index (χ1n) is 7.45. The highest BCUT2D eigenvalue weighted by Crippen LogP contribution is 2.35. The summed E-state index contributed by atoms with van der Waals surface area (Å²) < 4.78 is 0.735. The molecule has 23 heavy (non-hydrogen) atoms. The molecule has 1 unspecified atom stereocenters. The standard InChI is InChI=1S/C20H16N2O/c21-16-20(18-9-5-2-6-10-18,15-17-7-3-1-4-8-17)19-11-13-22(23)14-12-19/h1-14H,15H2. The van der Waals surface area contributed by atoms with Crippen LogP contribution in [-0.2, 0) is 11.8 Å². The molecule has 0 radical (unpaired) electrons. The molecular weight excluding hydrogens is 284 g/mol. The molecule has 3 nitrogen and oxygen atoms in total. The van der Waals surface area contributed by atoms with E-state index in [-0.39, 0.29) is 0 Å². The van der Waals surface area contributed by atoms with Gasteiger partial charge in [0.1, 0.15) is 5.41 Å². The highest BCUT2D eigenvalue weighted by Gasteiger charge is 2.35. The Hall–Kier alpha value is -3.12. The Morgan fingerprint density at radius 1 is 0.826 bits per heavy atom.